The molecule has 100 valence electrons. The van der Waals surface area contributed by atoms with Crippen molar-refractivity contribution in [1.82, 2.24) is 15.2 Å². The van der Waals surface area contributed by atoms with Crippen LogP contribution >= 0.6 is 11.6 Å². The van der Waals surface area contributed by atoms with E-state index < -0.39 is 0 Å². The average molecular weight is 278 g/mol. The molecule has 0 bridgehead atoms. The van der Waals surface area contributed by atoms with Gasteiger partial charge in [-0.2, -0.15) is 10.1 Å². The van der Waals surface area contributed by atoms with Crippen LogP contribution in [0.4, 0.5) is 17.5 Å². The Kier molecular flexibility index (Phi) is 4.52. The predicted octanol–water partition coefficient (Wildman–Crippen LogP) is 3.40. The quantitative estimate of drug-likeness (QED) is 0.877. The van der Waals surface area contributed by atoms with Crippen LogP contribution in [0.5, 0.6) is 0 Å². The maximum Gasteiger partial charge on any atom is 0.249 e. The highest BCUT2D eigenvalue weighted by molar-refractivity contribution is 6.31. The van der Waals surface area contributed by atoms with Gasteiger partial charge in [0.15, 0.2) is 5.82 Å². The molecule has 0 aliphatic rings. The van der Waals surface area contributed by atoms with E-state index in [-0.39, 0.29) is 0 Å². The van der Waals surface area contributed by atoms with Crippen molar-refractivity contribution in [3.63, 3.8) is 0 Å². The van der Waals surface area contributed by atoms with Crippen molar-refractivity contribution < 1.29 is 0 Å². The van der Waals surface area contributed by atoms with Crippen LogP contribution in [0.15, 0.2) is 24.4 Å². The summed E-state index contributed by atoms with van der Waals surface area (Å²) in [6, 6.07) is 5.65. The number of hydrogen-bond acceptors (Lipinski definition) is 5. The zero-order valence-corrected chi connectivity index (χ0v) is 11.7. The van der Waals surface area contributed by atoms with E-state index in [2.05, 4.69) is 32.7 Å². The molecule has 0 fully saturated rings. The molecule has 0 unspecified atom stereocenters. The molecule has 19 heavy (non-hydrogen) atoms. The molecule has 0 amide bonds. The van der Waals surface area contributed by atoms with Crippen molar-refractivity contribution in [2.24, 2.45) is 0 Å². The minimum absolute atomic E-state index is 0.450. The van der Waals surface area contributed by atoms with Crippen molar-refractivity contribution >= 4 is 29.1 Å². The average Bonchev–Trinajstić information content (AvgIpc) is 2.42. The third-order valence-corrected chi connectivity index (χ3v) is 3.04. The van der Waals surface area contributed by atoms with Crippen LogP contribution in [0.25, 0.3) is 0 Å². The van der Waals surface area contributed by atoms with Gasteiger partial charge in [0.25, 0.3) is 0 Å². The summed E-state index contributed by atoms with van der Waals surface area (Å²) in [6.45, 7) is 4.89. The van der Waals surface area contributed by atoms with Crippen LogP contribution < -0.4 is 10.6 Å². The van der Waals surface area contributed by atoms with Gasteiger partial charge in [-0.1, -0.05) is 24.6 Å². The molecule has 1 aromatic heterocycles. The Bertz CT molecular complexity index is 558. The molecular weight excluding hydrogens is 262 g/mol. The molecule has 6 heteroatoms. The summed E-state index contributed by atoms with van der Waals surface area (Å²) < 4.78 is 0. The third kappa shape index (κ3) is 3.54. The first-order chi connectivity index (χ1) is 9.20. The minimum atomic E-state index is 0.450. The van der Waals surface area contributed by atoms with Crippen molar-refractivity contribution in [2.75, 3.05) is 17.2 Å². The SMILES string of the molecule is CCCNc1cnnc(Nc2cccc(Cl)c2C)n1. The summed E-state index contributed by atoms with van der Waals surface area (Å²) in [5.74, 6) is 1.16. The Morgan fingerprint density at radius 2 is 2.16 bits per heavy atom. The monoisotopic (exact) mass is 277 g/mol. The molecule has 0 saturated heterocycles. The number of rotatable bonds is 5. The van der Waals surface area contributed by atoms with Crippen LogP contribution in [0.3, 0.4) is 0 Å². The van der Waals surface area contributed by atoms with E-state index in [1.807, 2.05) is 25.1 Å². The van der Waals surface area contributed by atoms with E-state index in [0.717, 1.165) is 24.2 Å². The number of hydrogen-bond donors (Lipinski definition) is 2. The topological polar surface area (TPSA) is 62.7 Å². The minimum Gasteiger partial charge on any atom is -0.369 e. The highest BCUT2D eigenvalue weighted by atomic mass is 35.5. The fraction of sp³-hybridized carbons (Fsp3) is 0.308. The second kappa shape index (κ2) is 6.33. The fourth-order valence-electron chi connectivity index (χ4n) is 1.56. The Morgan fingerprint density at radius 3 is 2.95 bits per heavy atom. The lowest BCUT2D eigenvalue weighted by molar-refractivity contribution is 0.935. The zero-order valence-electron chi connectivity index (χ0n) is 10.9. The summed E-state index contributed by atoms with van der Waals surface area (Å²) in [7, 11) is 0. The molecule has 0 atom stereocenters. The normalized spacial score (nSPS) is 10.3. The van der Waals surface area contributed by atoms with Crippen LogP contribution in [-0.2, 0) is 0 Å². The largest absolute Gasteiger partial charge is 0.369 e. The molecule has 0 aliphatic heterocycles. The zero-order chi connectivity index (χ0) is 13.7. The summed E-state index contributed by atoms with van der Waals surface area (Å²) in [6.07, 6.45) is 2.63. The van der Waals surface area contributed by atoms with Crippen LogP contribution in [0.1, 0.15) is 18.9 Å². The number of nitrogens with one attached hydrogen (secondary N) is 2. The Balaban J connectivity index is 2.16. The van der Waals surface area contributed by atoms with Gasteiger partial charge in [-0.3, -0.25) is 0 Å². The maximum absolute atomic E-state index is 6.07. The van der Waals surface area contributed by atoms with Gasteiger partial charge in [0, 0.05) is 17.3 Å². The maximum atomic E-state index is 6.07. The molecule has 5 nitrogen and oxygen atoms in total. The predicted molar refractivity (Wildman–Crippen MR) is 78.1 cm³/mol. The molecule has 0 spiro atoms. The number of anilines is 3. The van der Waals surface area contributed by atoms with Crippen molar-refractivity contribution in [3.8, 4) is 0 Å². The van der Waals surface area contributed by atoms with E-state index >= 15 is 0 Å². The second-order valence-corrected chi connectivity index (χ2v) is 4.54. The lowest BCUT2D eigenvalue weighted by atomic mass is 10.2. The number of benzene rings is 1. The van der Waals surface area contributed by atoms with E-state index in [9.17, 15) is 0 Å². The Labute approximate surface area is 117 Å². The Hall–Kier alpha value is -1.88. The lowest BCUT2D eigenvalue weighted by Crippen LogP contribution is -2.06. The first kappa shape index (κ1) is 13.5. The van der Waals surface area contributed by atoms with Gasteiger partial charge < -0.3 is 10.6 Å². The van der Waals surface area contributed by atoms with Gasteiger partial charge in [-0.15, -0.1) is 5.10 Å². The van der Waals surface area contributed by atoms with Gasteiger partial charge in [0.2, 0.25) is 5.95 Å². The van der Waals surface area contributed by atoms with Crippen molar-refractivity contribution in [1.29, 1.82) is 0 Å². The van der Waals surface area contributed by atoms with E-state index in [1.165, 1.54) is 0 Å². The number of aromatic nitrogens is 3. The van der Waals surface area contributed by atoms with E-state index in [1.54, 1.807) is 6.20 Å². The highest BCUT2D eigenvalue weighted by Crippen LogP contribution is 2.24. The number of halogens is 1. The third-order valence-electron chi connectivity index (χ3n) is 2.63. The molecule has 1 aromatic carbocycles. The van der Waals surface area contributed by atoms with Crippen LogP contribution in [-0.4, -0.2) is 21.7 Å². The molecule has 0 aliphatic carbocycles. The highest BCUT2D eigenvalue weighted by Gasteiger charge is 2.05. The summed E-state index contributed by atoms with van der Waals surface area (Å²) in [4.78, 5) is 4.34. The van der Waals surface area contributed by atoms with Gasteiger partial charge in [-0.25, -0.2) is 0 Å². The first-order valence-electron chi connectivity index (χ1n) is 6.16. The standard InChI is InChI=1S/C13H16ClN5/c1-3-7-15-12-8-16-19-13(18-12)17-11-6-4-5-10(14)9(11)2/h4-6,8H,3,7H2,1-2H3,(H2,15,17,18,19). The second-order valence-electron chi connectivity index (χ2n) is 4.13. The smallest absolute Gasteiger partial charge is 0.249 e. The van der Waals surface area contributed by atoms with Gasteiger partial charge in [-0.05, 0) is 31.0 Å². The molecule has 0 radical (unpaired) electrons. The van der Waals surface area contributed by atoms with Gasteiger partial charge in [0.05, 0.1) is 6.20 Å². The van der Waals surface area contributed by atoms with Gasteiger partial charge in [0.1, 0.15) is 0 Å². The summed E-state index contributed by atoms with van der Waals surface area (Å²) >= 11 is 6.07. The fourth-order valence-corrected chi connectivity index (χ4v) is 1.73. The summed E-state index contributed by atoms with van der Waals surface area (Å²) in [5.41, 5.74) is 1.83. The summed E-state index contributed by atoms with van der Waals surface area (Å²) in [5, 5.41) is 14.9. The number of nitrogens with zero attached hydrogens (tertiary/aromatic N) is 3. The molecule has 2 rings (SSSR count). The first-order valence-corrected chi connectivity index (χ1v) is 6.54. The van der Waals surface area contributed by atoms with Crippen molar-refractivity contribution in [3.05, 3.63) is 35.0 Å². The van der Waals surface area contributed by atoms with E-state index in [4.69, 9.17) is 11.6 Å². The molecular formula is C13H16ClN5. The molecule has 2 aromatic rings. The van der Waals surface area contributed by atoms with E-state index in [0.29, 0.717) is 16.8 Å². The van der Waals surface area contributed by atoms with Crippen molar-refractivity contribution in [2.45, 2.75) is 20.3 Å². The molecule has 0 saturated carbocycles. The Morgan fingerprint density at radius 1 is 1.32 bits per heavy atom. The molecule has 2 N–H and O–H groups in total. The lowest BCUT2D eigenvalue weighted by Gasteiger charge is -2.09. The van der Waals surface area contributed by atoms with Crippen LogP contribution in [0, 0.1) is 6.92 Å². The molecule has 1 heterocycles. The van der Waals surface area contributed by atoms with Crippen LogP contribution in [0.2, 0.25) is 5.02 Å². The van der Waals surface area contributed by atoms with Gasteiger partial charge >= 0.3 is 0 Å².